The highest BCUT2D eigenvalue weighted by molar-refractivity contribution is 6.24. The Kier molecular flexibility index (Phi) is 7.92. The molecule has 0 aromatic heterocycles. The number of hydrogen-bond donors (Lipinski definition) is 6. The molecule has 0 bridgehead atoms. The summed E-state index contributed by atoms with van der Waals surface area (Å²) < 4.78 is 0. The molecule has 0 saturated heterocycles. The number of benzene rings is 1. The summed E-state index contributed by atoms with van der Waals surface area (Å²) in [4.78, 5) is 43.1. The quantitative estimate of drug-likeness (QED) is 0.149. The highest BCUT2D eigenvalue weighted by Crippen LogP contribution is 2.54. The van der Waals surface area contributed by atoms with Crippen LogP contribution < -0.4 is 16.4 Å². The summed E-state index contributed by atoms with van der Waals surface area (Å²) >= 11 is 0. The number of phenolic OH excluding ortho intramolecular Hbond substituents is 1. The number of aliphatic hydroxyl groups is 3. The molecule has 3 aliphatic carbocycles. The smallest absolute Gasteiger partial charge is 0.255 e. The fourth-order valence-corrected chi connectivity index (χ4v) is 6.64. The van der Waals surface area contributed by atoms with Gasteiger partial charge in [0.05, 0.1) is 17.3 Å². The molecule has 1 aromatic rings. The molecule has 3 aliphatic rings. The lowest BCUT2D eigenvalue weighted by Crippen LogP contribution is -2.65. The molecule has 1 amide bonds. The molecule has 8 N–H and O–H groups in total. The number of rotatable bonds is 9. The summed E-state index contributed by atoms with van der Waals surface area (Å²) in [5.41, 5.74) is 9.32. The second kappa shape index (κ2) is 10.8. The number of anilines is 2. The summed E-state index contributed by atoms with van der Waals surface area (Å²) in [7, 11) is 3.15. The fraction of sp³-hybridized carbons (Fsp3) is 0.552. The Labute approximate surface area is 233 Å². The molecule has 11 nitrogen and oxygen atoms in total. The van der Waals surface area contributed by atoms with Gasteiger partial charge < -0.3 is 36.8 Å². The van der Waals surface area contributed by atoms with Gasteiger partial charge in [-0.15, -0.1) is 0 Å². The average Bonchev–Trinajstić information content (AvgIpc) is 2.88. The Morgan fingerprint density at radius 3 is 2.23 bits per heavy atom. The third kappa shape index (κ3) is 4.32. The fourth-order valence-electron chi connectivity index (χ4n) is 6.64. The molecule has 0 heterocycles. The highest BCUT2D eigenvalue weighted by Gasteiger charge is 2.64. The molecule has 1 saturated carbocycles. The first kappa shape index (κ1) is 29.4. The van der Waals surface area contributed by atoms with E-state index in [1.165, 1.54) is 4.90 Å². The molecule has 0 aliphatic heterocycles. The topological polar surface area (TPSA) is 191 Å². The van der Waals surface area contributed by atoms with E-state index in [1.54, 1.807) is 20.2 Å². The van der Waals surface area contributed by atoms with Crippen molar-refractivity contribution < 1.29 is 34.8 Å². The summed E-state index contributed by atoms with van der Waals surface area (Å²) in [5, 5.41) is 45.2. The largest absolute Gasteiger partial charge is 0.508 e. The second-order valence-corrected chi connectivity index (χ2v) is 11.3. The molecule has 0 spiro atoms. The van der Waals surface area contributed by atoms with Gasteiger partial charge in [0.1, 0.15) is 22.8 Å². The van der Waals surface area contributed by atoms with Crippen molar-refractivity contribution >= 4 is 34.6 Å². The van der Waals surface area contributed by atoms with Crippen molar-refractivity contribution in [2.75, 3.05) is 37.8 Å². The number of carbonyl (C=O) groups is 3. The van der Waals surface area contributed by atoms with E-state index in [0.717, 1.165) is 44.5 Å². The number of nitrogens with two attached hydrogens (primary N) is 2. The van der Waals surface area contributed by atoms with Crippen LogP contribution in [0.25, 0.3) is 5.76 Å². The van der Waals surface area contributed by atoms with Crippen molar-refractivity contribution in [2.45, 2.75) is 64.0 Å². The number of ketones is 2. The minimum absolute atomic E-state index is 0.0179. The number of likely N-dealkylation sites (N-methyl/N-ethyl adjacent to an activating group) is 1. The van der Waals surface area contributed by atoms with E-state index in [2.05, 4.69) is 18.7 Å². The van der Waals surface area contributed by atoms with Crippen LogP contribution in [0.4, 0.5) is 11.4 Å². The van der Waals surface area contributed by atoms with Gasteiger partial charge in [-0.2, -0.15) is 0 Å². The predicted molar refractivity (Wildman–Crippen MR) is 151 cm³/mol. The molecule has 11 heteroatoms. The zero-order valence-corrected chi connectivity index (χ0v) is 23.5. The molecule has 4 rings (SSSR count). The number of fused-ring (bicyclic) bond motifs is 3. The lowest BCUT2D eigenvalue weighted by atomic mass is 9.57. The number of unbranched alkanes of at least 4 members (excludes halogenated alkanes) is 2. The summed E-state index contributed by atoms with van der Waals surface area (Å²) in [6.07, 6.45) is 4.05. The van der Waals surface area contributed by atoms with E-state index >= 15 is 0 Å². The van der Waals surface area contributed by atoms with Crippen LogP contribution in [0.1, 0.15) is 57.1 Å². The van der Waals surface area contributed by atoms with E-state index in [9.17, 15) is 34.8 Å². The number of carbonyl (C=O) groups excluding carboxylic acids is 3. The lowest BCUT2D eigenvalue weighted by molar-refractivity contribution is -0.153. The van der Waals surface area contributed by atoms with Crippen molar-refractivity contribution in [2.24, 2.45) is 17.6 Å². The van der Waals surface area contributed by atoms with Crippen LogP contribution in [0.15, 0.2) is 23.0 Å². The number of phenols is 1. The third-order valence-electron chi connectivity index (χ3n) is 8.63. The first-order valence-corrected chi connectivity index (χ1v) is 13.9. The number of aliphatic hydroxyl groups excluding tert-OH is 2. The zero-order valence-electron chi connectivity index (χ0n) is 23.5. The summed E-state index contributed by atoms with van der Waals surface area (Å²) in [6.45, 7) is 5.66. The lowest BCUT2D eigenvalue weighted by Gasteiger charge is -2.50. The maximum atomic E-state index is 14.0. The van der Waals surface area contributed by atoms with Crippen LogP contribution >= 0.6 is 0 Å². The molecule has 218 valence electrons. The van der Waals surface area contributed by atoms with Crippen LogP contribution in [-0.2, 0) is 20.8 Å². The van der Waals surface area contributed by atoms with Crippen molar-refractivity contribution in [1.29, 1.82) is 0 Å². The number of hydrogen-bond acceptors (Lipinski definition) is 10. The summed E-state index contributed by atoms with van der Waals surface area (Å²) in [6, 6.07) is 0.571. The average molecular weight is 557 g/mol. The van der Waals surface area contributed by atoms with Crippen LogP contribution in [0.5, 0.6) is 5.75 Å². The van der Waals surface area contributed by atoms with E-state index in [4.69, 9.17) is 11.5 Å². The molecule has 0 radical (unpaired) electrons. The van der Waals surface area contributed by atoms with E-state index in [1.807, 2.05) is 0 Å². The number of amides is 1. The number of nitrogen functional groups attached to an aromatic ring is 1. The van der Waals surface area contributed by atoms with Crippen molar-refractivity contribution in [1.82, 2.24) is 4.90 Å². The Hall–Kier alpha value is -3.57. The zero-order chi connectivity index (χ0) is 29.7. The Bertz CT molecular complexity index is 1310. The first-order valence-electron chi connectivity index (χ1n) is 13.9. The third-order valence-corrected chi connectivity index (χ3v) is 8.63. The van der Waals surface area contributed by atoms with Gasteiger partial charge in [0, 0.05) is 30.3 Å². The van der Waals surface area contributed by atoms with Gasteiger partial charge in [0.15, 0.2) is 11.4 Å². The van der Waals surface area contributed by atoms with Gasteiger partial charge in [-0.1, -0.05) is 26.7 Å². The molecule has 2 unspecified atom stereocenters. The minimum atomic E-state index is -2.67. The SMILES string of the molecule is CCCCN(CCCC)c1cc(N)c(O)c2c1CC1CC3[C@H](N(C)C)C(=O)C(C(N)=O)=C(O)[C@@]3(O)C(=O)C1=C2O. The molecule has 40 heavy (non-hydrogen) atoms. The Balaban J connectivity index is 1.94. The normalized spacial score (nSPS) is 26.1. The maximum absolute atomic E-state index is 14.0. The van der Waals surface area contributed by atoms with Crippen LogP contribution in [0.2, 0.25) is 0 Å². The molecular formula is C29H40N4O7. The van der Waals surface area contributed by atoms with Crippen molar-refractivity contribution in [3.63, 3.8) is 0 Å². The van der Waals surface area contributed by atoms with E-state index in [0.29, 0.717) is 5.56 Å². The standard InChI is InChI=1S/C29H40N4O7/c1-5-7-9-33(10-8-6-2)18-13-17(30)23(34)20-15(18)11-14-12-16-22(32(3)4)25(36)21(28(31)39)27(38)29(16,40)26(37)19(14)24(20)35/h13-14,16,22,34-35,38,40H,5-12,30H2,1-4H3,(H2,31,39)/t14?,16?,22-,29-/m0/s1. The van der Waals surface area contributed by atoms with Gasteiger partial charge in [0.25, 0.3) is 5.91 Å². The first-order chi connectivity index (χ1) is 18.8. The molecule has 1 fully saturated rings. The Morgan fingerprint density at radius 1 is 1.10 bits per heavy atom. The van der Waals surface area contributed by atoms with Crippen LogP contribution in [0.3, 0.4) is 0 Å². The van der Waals surface area contributed by atoms with E-state index in [-0.39, 0.29) is 35.4 Å². The van der Waals surface area contributed by atoms with Crippen molar-refractivity contribution in [3.8, 4) is 5.75 Å². The van der Waals surface area contributed by atoms with E-state index < -0.39 is 58.0 Å². The monoisotopic (exact) mass is 556 g/mol. The van der Waals surface area contributed by atoms with Gasteiger partial charge in [-0.05, 0) is 57.3 Å². The van der Waals surface area contributed by atoms with Gasteiger partial charge in [0.2, 0.25) is 5.78 Å². The molecule has 1 aromatic carbocycles. The second-order valence-electron chi connectivity index (χ2n) is 11.3. The van der Waals surface area contributed by atoms with Crippen molar-refractivity contribution in [3.05, 3.63) is 34.1 Å². The summed E-state index contributed by atoms with van der Waals surface area (Å²) in [5.74, 6) is -6.85. The predicted octanol–water partition coefficient (Wildman–Crippen LogP) is 1.95. The number of nitrogens with zero attached hydrogens (tertiary/aromatic N) is 2. The number of Topliss-reactive ketones (excluding diaryl/α,β-unsaturated/α-hetero) is 2. The van der Waals surface area contributed by atoms with Gasteiger partial charge in [-0.3, -0.25) is 19.3 Å². The molecule has 4 atom stereocenters. The Morgan fingerprint density at radius 2 is 1.70 bits per heavy atom. The minimum Gasteiger partial charge on any atom is -0.508 e. The number of primary amides is 1. The number of aromatic hydroxyl groups is 1. The van der Waals surface area contributed by atoms with Gasteiger partial charge >= 0.3 is 0 Å². The maximum Gasteiger partial charge on any atom is 0.255 e. The van der Waals surface area contributed by atoms with Crippen LogP contribution in [-0.4, -0.2) is 81.6 Å². The highest BCUT2D eigenvalue weighted by atomic mass is 16.3. The van der Waals surface area contributed by atoms with Gasteiger partial charge in [-0.25, -0.2) is 0 Å². The molecular weight excluding hydrogens is 516 g/mol. The van der Waals surface area contributed by atoms with Crippen LogP contribution in [0, 0.1) is 11.8 Å².